The summed E-state index contributed by atoms with van der Waals surface area (Å²) in [4.78, 5) is 12.8. The van der Waals surface area contributed by atoms with Crippen LogP contribution in [-0.4, -0.2) is 27.2 Å². The van der Waals surface area contributed by atoms with Crippen molar-refractivity contribution in [3.63, 3.8) is 0 Å². The highest BCUT2D eigenvalue weighted by molar-refractivity contribution is 5.96. The Balaban J connectivity index is 1.90. The van der Waals surface area contributed by atoms with Gasteiger partial charge in [0.2, 0.25) is 5.75 Å². The van der Waals surface area contributed by atoms with Crippen molar-refractivity contribution in [2.24, 2.45) is 0 Å². The maximum absolute atomic E-state index is 12.8. The lowest BCUT2D eigenvalue weighted by atomic mass is 9.99. The largest absolute Gasteiger partial charge is 0.493 e. The SMILES string of the molecule is COc1cc(C(=O)N[C@@H](C)c2cccc3ccccc23)cc(OC)c1OC. The summed E-state index contributed by atoms with van der Waals surface area (Å²) in [5.41, 5.74) is 1.51. The summed E-state index contributed by atoms with van der Waals surface area (Å²) in [5.74, 6) is 1.13. The molecule has 1 amide bonds. The maximum atomic E-state index is 12.8. The molecule has 0 radical (unpaired) electrons. The average Bonchev–Trinajstić information content (AvgIpc) is 2.71. The molecule has 0 aliphatic rings. The first-order valence-electron chi connectivity index (χ1n) is 8.67. The molecular formula is C22H23NO4. The predicted molar refractivity (Wildman–Crippen MR) is 106 cm³/mol. The molecule has 3 aromatic carbocycles. The summed E-state index contributed by atoms with van der Waals surface area (Å²) < 4.78 is 16.0. The van der Waals surface area contributed by atoms with Crippen LogP contribution < -0.4 is 19.5 Å². The number of hydrogen-bond acceptors (Lipinski definition) is 4. The Morgan fingerprint density at radius 1 is 0.889 bits per heavy atom. The van der Waals surface area contributed by atoms with Crippen LogP contribution in [0.15, 0.2) is 54.6 Å². The molecule has 5 nitrogen and oxygen atoms in total. The number of amides is 1. The quantitative estimate of drug-likeness (QED) is 0.705. The lowest BCUT2D eigenvalue weighted by Crippen LogP contribution is -2.26. The number of fused-ring (bicyclic) bond motifs is 1. The lowest BCUT2D eigenvalue weighted by Gasteiger charge is -2.18. The highest BCUT2D eigenvalue weighted by Gasteiger charge is 2.19. The van der Waals surface area contributed by atoms with Crippen LogP contribution in [0.2, 0.25) is 0 Å². The number of hydrogen-bond donors (Lipinski definition) is 1. The normalized spacial score (nSPS) is 11.7. The number of nitrogens with one attached hydrogen (secondary N) is 1. The zero-order valence-corrected chi connectivity index (χ0v) is 15.9. The van der Waals surface area contributed by atoms with Crippen molar-refractivity contribution < 1.29 is 19.0 Å². The van der Waals surface area contributed by atoms with Crippen LogP contribution in [0.1, 0.15) is 28.9 Å². The van der Waals surface area contributed by atoms with Crippen molar-refractivity contribution in [2.45, 2.75) is 13.0 Å². The Bertz CT molecular complexity index is 937. The van der Waals surface area contributed by atoms with Gasteiger partial charge in [0.1, 0.15) is 0 Å². The smallest absolute Gasteiger partial charge is 0.252 e. The number of methoxy groups -OCH3 is 3. The molecule has 5 heteroatoms. The molecule has 0 unspecified atom stereocenters. The van der Waals surface area contributed by atoms with Gasteiger partial charge < -0.3 is 19.5 Å². The van der Waals surface area contributed by atoms with Crippen molar-refractivity contribution >= 4 is 16.7 Å². The maximum Gasteiger partial charge on any atom is 0.252 e. The van der Waals surface area contributed by atoms with Crippen LogP contribution in [0.4, 0.5) is 0 Å². The first-order valence-corrected chi connectivity index (χ1v) is 8.67. The zero-order valence-electron chi connectivity index (χ0n) is 15.9. The highest BCUT2D eigenvalue weighted by atomic mass is 16.5. The summed E-state index contributed by atoms with van der Waals surface area (Å²) in [5, 5.41) is 5.32. The monoisotopic (exact) mass is 365 g/mol. The van der Waals surface area contributed by atoms with Gasteiger partial charge in [-0.3, -0.25) is 4.79 Å². The second-order valence-electron chi connectivity index (χ2n) is 6.18. The first kappa shape index (κ1) is 18.6. The third-order valence-corrected chi connectivity index (χ3v) is 4.56. The Morgan fingerprint density at radius 2 is 1.52 bits per heavy atom. The Kier molecular flexibility index (Phi) is 5.50. The molecule has 0 aliphatic carbocycles. The number of carbonyl (C=O) groups excluding carboxylic acids is 1. The van der Waals surface area contributed by atoms with Crippen LogP contribution in [0.3, 0.4) is 0 Å². The fraction of sp³-hybridized carbons (Fsp3) is 0.227. The van der Waals surface area contributed by atoms with E-state index in [1.54, 1.807) is 12.1 Å². The Labute approximate surface area is 158 Å². The van der Waals surface area contributed by atoms with E-state index >= 15 is 0 Å². The van der Waals surface area contributed by atoms with Crippen molar-refractivity contribution in [1.82, 2.24) is 5.32 Å². The van der Waals surface area contributed by atoms with Gasteiger partial charge in [-0.2, -0.15) is 0 Å². The number of rotatable bonds is 6. The minimum atomic E-state index is -0.213. The minimum Gasteiger partial charge on any atom is -0.493 e. The van der Waals surface area contributed by atoms with E-state index in [1.807, 2.05) is 31.2 Å². The standard InChI is InChI=1S/C22H23NO4/c1-14(17-11-7-9-15-8-5-6-10-18(15)17)23-22(24)16-12-19(25-2)21(27-4)20(13-16)26-3/h5-14H,1-4H3,(H,23,24)/t14-/m0/s1. The zero-order chi connectivity index (χ0) is 19.4. The van der Waals surface area contributed by atoms with Gasteiger partial charge >= 0.3 is 0 Å². The fourth-order valence-corrected chi connectivity index (χ4v) is 3.20. The molecule has 27 heavy (non-hydrogen) atoms. The van der Waals surface area contributed by atoms with Crippen molar-refractivity contribution in [3.05, 3.63) is 65.7 Å². The fourth-order valence-electron chi connectivity index (χ4n) is 3.20. The van der Waals surface area contributed by atoms with Gasteiger partial charge in [-0.05, 0) is 35.4 Å². The van der Waals surface area contributed by atoms with Gasteiger partial charge in [0.05, 0.1) is 27.4 Å². The molecular weight excluding hydrogens is 342 g/mol. The summed E-state index contributed by atoms with van der Waals surface area (Å²) in [6, 6.07) is 17.3. The molecule has 1 atom stereocenters. The number of carbonyl (C=O) groups is 1. The average molecular weight is 365 g/mol. The first-order chi connectivity index (χ1) is 13.1. The molecule has 3 aromatic rings. The Morgan fingerprint density at radius 3 is 2.15 bits per heavy atom. The van der Waals surface area contributed by atoms with Crippen molar-refractivity contribution in [2.75, 3.05) is 21.3 Å². The van der Waals surface area contributed by atoms with E-state index < -0.39 is 0 Å². The topological polar surface area (TPSA) is 56.8 Å². The molecule has 3 rings (SSSR count). The van der Waals surface area contributed by atoms with E-state index in [0.29, 0.717) is 22.8 Å². The highest BCUT2D eigenvalue weighted by Crippen LogP contribution is 2.38. The molecule has 0 saturated carbocycles. The summed E-state index contributed by atoms with van der Waals surface area (Å²) in [6.07, 6.45) is 0. The molecule has 0 aromatic heterocycles. The molecule has 0 bridgehead atoms. The minimum absolute atomic E-state index is 0.164. The second-order valence-corrected chi connectivity index (χ2v) is 6.18. The number of ether oxygens (including phenoxy) is 3. The van der Waals surface area contributed by atoms with Gasteiger partial charge in [-0.25, -0.2) is 0 Å². The van der Waals surface area contributed by atoms with Crippen molar-refractivity contribution in [3.8, 4) is 17.2 Å². The van der Waals surface area contributed by atoms with E-state index in [9.17, 15) is 4.79 Å². The third kappa shape index (κ3) is 3.67. The van der Waals surface area contributed by atoms with Gasteiger partial charge in [0.25, 0.3) is 5.91 Å². The van der Waals surface area contributed by atoms with Gasteiger partial charge in [-0.1, -0.05) is 42.5 Å². The molecule has 0 fully saturated rings. The molecule has 0 spiro atoms. The lowest BCUT2D eigenvalue weighted by molar-refractivity contribution is 0.0939. The summed E-state index contributed by atoms with van der Waals surface area (Å²) in [7, 11) is 4.58. The molecule has 0 heterocycles. The molecule has 0 aliphatic heterocycles. The molecule has 0 saturated heterocycles. The van der Waals surface area contributed by atoms with E-state index in [4.69, 9.17) is 14.2 Å². The van der Waals surface area contributed by atoms with Gasteiger partial charge in [0, 0.05) is 5.56 Å². The van der Waals surface area contributed by atoms with Gasteiger partial charge in [0.15, 0.2) is 11.5 Å². The third-order valence-electron chi connectivity index (χ3n) is 4.56. The van der Waals surface area contributed by atoms with Crippen LogP contribution >= 0.6 is 0 Å². The van der Waals surface area contributed by atoms with E-state index in [2.05, 4.69) is 23.5 Å². The van der Waals surface area contributed by atoms with E-state index in [0.717, 1.165) is 16.3 Å². The van der Waals surface area contributed by atoms with E-state index in [1.165, 1.54) is 21.3 Å². The van der Waals surface area contributed by atoms with Crippen LogP contribution in [-0.2, 0) is 0 Å². The Hall–Kier alpha value is -3.21. The summed E-state index contributed by atoms with van der Waals surface area (Å²) in [6.45, 7) is 1.97. The molecule has 1 N–H and O–H groups in total. The summed E-state index contributed by atoms with van der Waals surface area (Å²) >= 11 is 0. The van der Waals surface area contributed by atoms with Crippen LogP contribution in [0, 0.1) is 0 Å². The van der Waals surface area contributed by atoms with Crippen molar-refractivity contribution in [1.29, 1.82) is 0 Å². The predicted octanol–water partition coefficient (Wildman–Crippen LogP) is 4.36. The van der Waals surface area contributed by atoms with Crippen LogP contribution in [0.25, 0.3) is 10.8 Å². The second kappa shape index (κ2) is 7.99. The van der Waals surface area contributed by atoms with Crippen LogP contribution in [0.5, 0.6) is 17.2 Å². The van der Waals surface area contributed by atoms with E-state index in [-0.39, 0.29) is 11.9 Å². The molecule has 140 valence electrons. The number of benzene rings is 3. The van der Waals surface area contributed by atoms with Gasteiger partial charge in [-0.15, -0.1) is 0 Å².